The Morgan fingerprint density at radius 1 is 0.935 bits per heavy atom. The number of carbonyl (C=O) groups excluding carboxylic acids is 3. The molecule has 13 heteroatoms. The number of methoxy groups -OCH3 is 1. The van der Waals surface area contributed by atoms with Crippen LogP contribution >= 0.6 is 0 Å². The van der Waals surface area contributed by atoms with E-state index in [1.54, 1.807) is 50.2 Å². The van der Waals surface area contributed by atoms with Gasteiger partial charge >= 0.3 is 11.7 Å². The van der Waals surface area contributed by atoms with E-state index in [0.29, 0.717) is 4.90 Å². The highest BCUT2D eigenvalue weighted by Crippen LogP contribution is 2.40. The molecule has 0 radical (unpaired) electrons. The first-order valence-electron chi connectivity index (χ1n) is 14.2. The van der Waals surface area contributed by atoms with Crippen LogP contribution in [0.25, 0.3) is 11.0 Å². The van der Waals surface area contributed by atoms with Crippen LogP contribution in [0.15, 0.2) is 82.0 Å². The van der Waals surface area contributed by atoms with E-state index in [-0.39, 0.29) is 33.4 Å². The number of hydrogen-bond donors (Lipinski definition) is 3. The van der Waals surface area contributed by atoms with E-state index in [9.17, 15) is 29.4 Å². The summed E-state index contributed by atoms with van der Waals surface area (Å²) in [6, 6.07) is 18.4. The topological polar surface area (TPSA) is 188 Å². The number of hydrogen-bond acceptors (Lipinski definition) is 11. The van der Waals surface area contributed by atoms with Crippen LogP contribution in [0.1, 0.15) is 40.1 Å². The molecule has 4 atom stereocenters. The lowest BCUT2D eigenvalue weighted by Gasteiger charge is -2.47. The van der Waals surface area contributed by atoms with Crippen LogP contribution < -0.4 is 21.0 Å². The van der Waals surface area contributed by atoms with Crippen molar-refractivity contribution in [3.05, 3.63) is 99.9 Å². The number of fused-ring (bicyclic) bond motifs is 1. The van der Waals surface area contributed by atoms with Crippen LogP contribution in [-0.4, -0.2) is 65.4 Å². The van der Waals surface area contributed by atoms with Crippen molar-refractivity contribution in [2.24, 2.45) is 5.73 Å². The van der Waals surface area contributed by atoms with Gasteiger partial charge in [-0.15, -0.1) is 0 Å². The molecule has 2 heterocycles. The number of carbonyl (C=O) groups is 3. The molecule has 3 amide bonds. The van der Waals surface area contributed by atoms with Gasteiger partial charge in [0, 0.05) is 23.8 Å². The van der Waals surface area contributed by atoms with Crippen molar-refractivity contribution in [1.82, 2.24) is 0 Å². The van der Waals surface area contributed by atoms with E-state index in [2.05, 4.69) is 0 Å². The number of nitrogens with zero attached hydrogens (tertiary/aromatic N) is 1. The Kier molecular flexibility index (Phi) is 8.83. The summed E-state index contributed by atoms with van der Waals surface area (Å²) in [5.74, 6) is -2.32. The van der Waals surface area contributed by atoms with E-state index in [0.717, 1.165) is 0 Å². The fraction of sp³-hybridized carbons (Fsp3) is 0.273. The molecule has 1 aliphatic rings. The van der Waals surface area contributed by atoms with Crippen molar-refractivity contribution >= 4 is 34.6 Å². The van der Waals surface area contributed by atoms with Crippen LogP contribution in [0.5, 0.6) is 11.5 Å². The Morgan fingerprint density at radius 2 is 1.50 bits per heavy atom. The second-order valence-corrected chi connectivity index (χ2v) is 11.1. The van der Waals surface area contributed by atoms with Crippen molar-refractivity contribution in [3.63, 3.8) is 0 Å². The summed E-state index contributed by atoms with van der Waals surface area (Å²) in [6.45, 7) is 4.81. The molecule has 0 aliphatic carbocycles. The first-order valence-corrected chi connectivity index (χ1v) is 14.2. The van der Waals surface area contributed by atoms with Crippen molar-refractivity contribution in [2.75, 3.05) is 12.0 Å². The van der Waals surface area contributed by atoms with Gasteiger partial charge in [-0.05, 0) is 57.2 Å². The largest absolute Gasteiger partial charge is 0.505 e. The van der Waals surface area contributed by atoms with E-state index in [1.807, 2.05) is 0 Å². The maximum Gasteiger partial charge on any atom is 0.404 e. The molecule has 240 valence electrons. The van der Waals surface area contributed by atoms with Gasteiger partial charge in [0.05, 0.1) is 11.0 Å². The molecule has 13 nitrogen and oxygen atoms in total. The second-order valence-electron chi connectivity index (χ2n) is 11.1. The minimum atomic E-state index is -1.55. The highest BCUT2D eigenvalue weighted by molar-refractivity contribution is 6.26. The minimum absolute atomic E-state index is 0.00833. The summed E-state index contributed by atoms with van der Waals surface area (Å²) in [7, 11) is 1.36. The highest BCUT2D eigenvalue weighted by atomic mass is 16.7. The summed E-state index contributed by atoms with van der Waals surface area (Å²) in [4.78, 5) is 53.0. The Bertz CT molecular complexity index is 1790. The first kappa shape index (κ1) is 32.2. The molecule has 0 unspecified atom stereocenters. The molecular weight excluding hydrogens is 600 g/mol. The molecule has 5 rings (SSSR count). The quantitative estimate of drug-likeness (QED) is 0.199. The lowest BCUT2D eigenvalue weighted by molar-refractivity contribution is -0.304. The van der Waals surface area contributed by atoms with Crippen molar-refractivity contribution in [1.29, 1.82) is 0 Å². The summed E-state index contributed by atoms with van der Waals surface area (Å²) < 4.78 is 28.1. The molecule has 0 bridgehead atoms. The molecule has 4 N–H and O–H groups in total. The van der Waals surface area contributed by atoms with Crippen LogP contribution in [-0.2, 0) is 14.2 Å². The van der Waals surface area contributed by atoms with Crippen molar-refractivity contribution in [3.8, 4) is 11.5 Å². The van der Waals surface area contributed by atoms with Gasteiger partial charge in [0.25, 0.3) is 11.8 Å². The predicted molar refractivity (Wildman–Crippen MR) is 164 cm³/mol. The Hall–Kier alpha value is -5.24. The monoisotopic (exact) mass is 632 g/mol. The lowest BCUT2D eigenvalue weighted by Crippen LogP contribution is -2.65. The number of amides is 3. The number of primary amides is 1. The zero-order chi connectivity index (χ0) is 33.3. The van der Waals surface area contributed by atoms with Gasteiger partial charge < -0.3 is 39.3 Å². The maximum absolute atomic E-state index is 13.7. The number of nitrogens with two attached hydrogens (primary N) is 1. The third kappa shape index (κ3) is 5.90. The van der Waals surface area contributed by atoms with Gasteiger partial charge in [0.2, 0.25) is 6.29 Å². The number of rotatable bonds is 7. The van der Waals surface area contributed by atoms with E-state index in [4.69, 9.17) is 29.1 Å². The molecule has 0 saturated carbocycles. The molecule has 1 aliphatic heterocycles. The van der Waals surface area contributed by atoms with E-state index in [1.165, 1.54) is 50.4 Å². The van der Waals surface area contributed by atoms with Crippen LogP contribution in [0.3, 0.4) is 0 Å². The zero-order valence-corrected chi connectivity index (χ0v) is 25.3. The molecule has 3 aromatic carbocycles. The number of ether oxygens (including phenoxy) is 4. The standard InChI is InChI=1S/C33H32N2O11/c1-17-21(43-31-24(37)26(45-32(34)41)27(42-4)33(2,3)46-31)16-15-20-23(36)22(30(40)44-25(17)20)35(28(38)18-11-7-5-8-12-18)29(39)19-13-9-6-10-14-19/h5-16,24,26-27,31,36-37H,1-4H3,(H2,34,41)/t24-,26+,27-,31-/m1/s1. The van der Waals surface area contributed by atoms with Gasteiger partial charge in [-0.2, -0.15) is 0 Å². The average Bonchev–Trinajstić information content (AvgIpc) is 3.03. The summed E-state index contributed by atoms with van der Waals surface area (Å²) in [6.07, 6.45) is -6.24. The number of aliphatic hydroxyl groups excluding tert-OH is 1. The van der Waals surface area contributed by atoms with Crippen LogP contribution in [0.4, 0.5) is 10.5 Å². The van der Waals surface area contributed by atoms with Crippen LogP contribution in [0, 0.1) is 6.92 Å². The maximum atomic E-state index is 13.7. The number of aliphatic hydroxyl groups is 1. The number of benzene rings is 3. The smallest absolute Gasteiger partial charge is 0.404 e. The zero-order valence-electron chi connectivity index (χ0n) is 25.3. The second kappa shape index (κ2) is 12.6. The Balaban J connectivity index is 1.57. The van der Waals surface area contributed by atoms with Gasteiger partial charge in [-0.25, -0.2) is 14.5 Å². The van der Waals surface area contributed by atoms with Gasteiger partial charge in [-0.1, -0.05) is 36.4 Å². The number of aromatic hydroxyl groups is 1. The number of imide groups is 1. The Labute approximate surface area is 262 Å². The van der Waals surface area contributed by atoms with Gasteiger partial charge in [-0.3, -0.25) is 9.59 Å². The van der Waals surface area contributed by atoms with Crippen molar-refractivity contribution in [2.45, 2.75) is 51.0 Å². The molecule has 0 spiro atoms. The molecule has 1 fully saturated rings. The van der Waals surface area contributed by atoms with E-state index < -0.39 is 65.2 Å². The molecule has 1 saturated heterocycles. The minimum Gasteiger partial charge on any atom is -0.505 e. The third-order valence-electron chi connectivity index (χ3n) is 7.66. The van der Waals surface area contributed by atoms with Gasteiger partial charge in [0.1, 0.15) is 17.4 Å². The fourth-order valence-corrected chi connectivity index (χ4v) is 5.46. The third-order valence-corrected chi connectivity index (χ3v) is 7.66. The summed E-state index contributed by atoms with van der Waals surface area (Å²) >= 11 is 0. The van der Waals surface area contributed by atoms with E-state index >= 15 is 0 Å². The average molecular weight is 633 g/mol. The normalized spacial score (nSPS) is 20.5. The molecule has 1 aromatic heterocycles. The fourth-order valence-electron chi connectivity index (χ4n) is 5.46. The number of anilines is 1. The first-order chi connectivity index (χ1) is 21.9. The van der Waals surface area contributed by atoms with Crippen LogP contribution in [0.2, 0.25) is 0 Å². The SMILES string of the molecule is CO[C@@H]1[C@@H](OC(N)=O)[C@@H](O)[C@H](Oc2ccc3c(O)c(N(C(=O)c4ccccc4)C(=O)c4ccccc4)c(=O)oc3c2C)OC1(C)C. The molecule has 4 aromatic rings. The number of aryl methyl sites for hydroxylation is 1. The molecule has 46 heavy (non-hydrogen) atoms. The summed E-state index contributed by atoms with van der Waals surface area (Å²) in [5, 5.41) is 22.4. The molecular formula is C33H32N2O11. The highest BCUT2D eigenvalue weighted by Gasteiger charge is 2.53. The van der Waals surface area contributed by atoms with Gasteiger partial charge in [0.15, 0.2) is 23.6 Å². The van der Waals surface area contributed by atoms with Crippen molar-refractivity contribution < 1.29 is 48.0 Å². The lowest BCUT2D eigenvalue weighted by atomic mass is 9.89. The summed E-state index contributed by atoms with van der Waals surface area (Å²) in [5.41, 5.74) is 2.53. The predicted octanol–water partition coefficient (Wildman–Crippen LogP) is 3.65. The Morgan fingerprint density at radius 3 is 2.02 bits per heavy atom.